The molecule has 1 fully saturated rings. The van der Waals surface area contributed by atoms with Crippen LogP contribution in [-0.2, 0) is 6.54 Å². The first-order valence-corrected chi connectivity index (χ1v) is 8.77. The van der Waals surface area contributed by atoms with E-state index in [4.69, 9.17) is 0 Å². The quantitative estimate of drug-likeness (QED) is 0.865. The first-order valence-electron chi connectivity index (χ1n) is 7.83. The lowest BCUT2D eigenvalue weighted by Crippen LogP contribution is -2.45. The number of hydrogen-bond donors (Lipinski definition) is 1. The molecule has 5 nitrogen and oxygen atoms in total. The standard InChI is InChI=1S/C17H18FN3O2S/c18-14-3-1-12(2-4-14)16(22)13-5-7-21(8-6-13)17(23)19-9-15-10-24-11-20-15/h1-4,10-11,13H,5-9H2,(H,19,23). The van der Waals surface area contributed by atoms with Gasteiger partial charge in [0.05, 0.1) is 17.7 Å². The number of halogens is 1. The van der Waals surface area contributed by atoms with E-state index in [0.29, 0.717) is 38.0 Å². The zero-order valence-electron chi connectivity index (χ0n) is 13.1. The van der Waals surface area contributed by atoms with Crippen LogP contribution in [-0.4, -0.2) is 34.8 Å². The Balaban J connectivity index is 1.49. The number of carbonyl (C=O) groups is 2. The summed E-state index contributed by atoms with van der Waals surface area (Å²) in [5.74, 6) is -0.436. The molecule has 2 amide bonds. The average molecular weight is 347 g/mol. The summed E-state index contributed by atoms with van der Waals surface area (Å²) in [7, 11) is 0. The summed E-state index contributed by atoms with van der Waals surface area (Å²) in [4.78, 5) is 30.4. The Labute approximate surface area is 143 Å². The normalized spacial score (nSPS) is 15.3. The SMILES string of the molecule is O=C(c1ccc(F)cc1)C1CCN(C(=O)NCc2cscn2)CC1. The van der Waals surface area contributed by atoms with Crippen LogP contribution in [0, 0.1) is 11.7 Å². The Morgan fingerprint density at radius 2 is 1.96 bits per heavy atom. The van der Waals surface area contributed by atoms with Crippen molar-refractivity contribution in [2.75, 3.05) is 13.1 Å². The zero-order chi connectivity index (χ0) is 16.9. The molecule has 0 saturated carbocycles. The highest BCUT2D eigenvalue weighted by Crippen LogP contribution is 2.22. The van der Waals surface area contributed by atoms with Crippen LogP contribution in [0.15, 0.2) is 35.2 Å². The van der Waals surface area contributed by atoms with Crippen molar-refractivity contribution in [3.8, 4) is 0 Å². The van der Waals surface area contributed by atoms with Gasteiger partial charge in [-0.2, -0.15) is 0 Å². The van der Waals surface area contributed by atoms with Gasteiger partial charge in [-0.05, 0) is 37.1 Å². The summed E-state index contributed by atoms with van der Waals surface area (Å²) in [5.41, 5.74) is 3.10. The smallest absolute Gasteiger partial charge is 0.317 e. The van der Waals surface area contributed by atoms with E-state index in [1.807, 2.05) is 5.38 Å². The van der Waals surface area contributed by atoms with Gasteiger partial charge in [0.15, 0.2) is 5.78 Å². The molecule has 7 heteroatoms. The van der Waals surface area contributed by atoms with Gasteiger partial charge in [0.1, 0.15) is 5.82 Å². The van der Waals surface area contributed by atoms with Gasteiger partial charge < -0.3 is 10.2 Å². The Hall–Kier alpha value is -2.28. The predicted octanol–water partition coefficient (Wildman–Crippen LogP) is 3.09. The minimum absolute atomic E-state index is 0.0255. The van der Waals surface area contributed by atoms with Crippen molar-refractivity contribution in [1.82, 2.24) is 15.2 Å². The number of hydrogen-bond acceptors (Lipinski definition) is 4. The van der Waals surface area contributed by atoms with Crippen molar-refractivity contribution in [1.29, 1.82) is 0 Å². The highest BCUT2D eigenvalue weighted by Gasteiger charge is 2.27. The third-order valence-corrected chi connectivity index (χ3v) is 4.82. The van der Waals surface area contributed by atoms with E-state index in [0.717, 1.165) is 5.69 Å². The molecule has 126 valence electrons. The van der Waals surface area contributed by atoms with Gasteiger partial charge in [0, 0.05) is 30.0 Å². The van der Waals surface area contributed by atoms with Gasteiger partial charge in [-0.15, -0.1) is 11.3 Å². The Bertz CT molecular complexity index is 695. The number of piperidine rings is 1. The number of Topliss-reactive ketones (excluding diaryl/α,β-unsaturated/α-hetero) is 1. The van der Waals surface area contributed by atoms with E-state index >= 15 is 0 Å². The monoisotopic (exact) mass is 347 g/mol. The van der Waals surface area contributed by atoms with Gasteiger partial charge in [0.25, 0.3) is 0 Å². The number of carbonyl (C=O) groups excluding carboxylic acids is 2. The average Bonchev–Trinajstić information content (AvgIpc) is 3.13. The molecule has 0 atom stereocenters. The molecular weight excluding hydrogens is 329 g/mol. The second-order valence-corrected chi connectivity index (χ2v) is 6.49. The Morgan fingerprint density at radius 1 is 1.25 bits per heavy atom. The predicted molar refractivity (Wildman–Crippen MR) is 89.4 cm³/mol. The molecule has 1 aliphatic heterocycles. The number of nitrogens with one attached hydrogen (secondary N) is 1. The third-order valence-electron chi connectivity index (χ3n) is 4.19. The van der Waals surface area contributed by atoms with Crippen molar-refractivity contribution >= 4 is 23.2 Å². The molecule has 24 heavy (non-hydrogen) atoms. The van der Waals surface area contributed by atoms with Crippen LogP contribution >= 0.6 is 11.3 Å². The lowest BCUT2D eigenvalue weighted by atomic mass is 9.89. The molecular formula is C17H18FN3O2S. The molecule has 1 aromatic heterocycles. The lowest BCUT2D eigenvalue weighted by Gasteiger charge is -2.31. The number of ketones is 1. The van der Waals surface area contributed by atoms with Gasteiger partial charge in [-0.25, -0.2) is 14.2 Å². The van der Waals surface area contributed by atoms with Crippen molar-refractivity contribution < 1.29 is 14.0 Å². The summed E-state index contributed by atoms with van der Waals surface area (Å²) in [6.07, 6.45) is 1.25. The molecule has 0 spiro atoms. The molecule has 2 heterocycles. The summed E-state index contributed by atoms with van der Waals surface area (Å²) in [5, 5.41) is 4.74. The van der Waals surface area contributed by atoms with E-state index in [1.165, 1.54) is 35.6 Å². The van der Waals surface area contributed by atoms with Gasteiger partial charge in [-0.3, -0.25) is 4.79 Å². The Morgan fingerprint density at radius 3 is 2.58 bits per heavy atom. The fraction of sp³-hybridized carbons (Fsp3) is 0.353. The Kier molecular flexibility index (Phi) is 5.20. The maximum Gasteiger partial charge on any atom is 0.317 e. The number of likely N-dealkylation sites (tertiary alicyclic amines) is 1. The minimum Gasteiger partial charge on any atom is -0.332 e. The third kappa shape index (κ3) is 3.97. The van der Waals surface area contributed by atoms with Crippen LogP contribution in [0.2, 0.25) is 0 Å². The molecule has 0 aliphatic carbocycles. The van der Waals surface area contributed by atoms with Crippen LogP contribution in [0.1, 0.15) is 28.9 Å². The minimum atomic E-state index is -0.349. The van der Waals surface area contributed by atoms with Crippen LogP contribution in [0.5, 0.6) is 0 Å². The van der Waals surface area contributed by atoms with E-state index < -0.39 is 0 Å². The number of amides is 2. The van der Waals surface area contributed by atoms with Crippen molar-refractivity contribution in [2.24, 2.45) is 5.92 Å². The summed E-state index contributed by atoms with van der Waals surface area (Å²) in [6, 6.07) is 5.51. The van der Waals surface area contributed by atoms with Crippen LogP contribution in [0.3, 0.4) is 0 Å². The highest BCUT2D eigenvalue weighted by molar-refractivity contribution is 7.07. The van der Waals surface area contributed by atoms with Crippen molar-refractivity contribution in [2.45, 2.75) is 19.4 Å². The number of nitrogens with zero attached hydrogens (tertiary/aromatic N) is 2. The summed E-state index contributed by atoms with van der Waals surface area (Å²) < 4.78 is 12.9. The number of rotatable bonds is 4. The van der Waals surface area contributed by atoms with E-state index in [9.17, 15) is 14.0 Å². The summed E-state index contributed by atoms with van der Waals surface area (Å²) in [6.45, 7) is 1.50. The van der Waals surface area contributed by atoms with Crippen molar-refractivity contribution in [3.63, 3.8) is 0 Å². The number of thiazole rings is 1. The number of benzene rings is 1. The van der Waals surface area contributed by atoms with Gasteiger partial charge in [-0.1, -0.05) is 0 Å². The van der Waals surface area contributed by atoms with E-state index in [-0.39, 0.29) is 23.5 Å². The molecule has 0 unspecified atom stereocenters. The second-order valence-electron chi connectivity index (χ2n) is 5.77. The van der Waals surface area contributed by atoms with E-state index in [2.05, 4.69) is 10.3 Å². The number of aromatic nitrogens is 1. The molecule has 2 aromatic rings. The zero-order valence-corrected chi connectivity index (χ0v) is 13.9. The number of urea groups is 1. The van der Waals surface area contributed by atoms with E-state index in [1.54, 1.807) is 10.4 Å². The molecule has 1 aromatic carbocycles. The maximum atomic E-state index is 12.9. The summed E-state index contributed by atoms with van der Waals surface area (Å²) >= 11 is 1.49. The molecule has 1 aliphatic rings. The van der Waals surface area contributed by atoms with Crippen LogP contribution in [0.25, 0.3) is 0 Å². The van der Waals surface area contributed by atoms with Gasteiger partial charge >= 0.3 is 6.03 Å². The lowest BCUT2D eigenvalue weighted by molar-refractivity contribution is 0.0854. The van der Waals surface area contributed by atoms with Crippen molar-refractivity contribution in [3.05, 3.63) is 52.2 Å². The largest absolute Gasteiger partial charge is 0.332 e. The topological polar surface area (TPSA) is 62.3 Å². The first-order chi connectivity index (χ1) is 11.6. The first kappa shape index (κ1) is 16.6. The van der Waals surface area contributed by atoms with Gasteiger partial charge in [0.2, 0.25) is 0 Å². The fourth-order valence-corrected chi connectivity index (χ4v) is 3.36. The molecule has 0 radical (unpaired) electrons. The molecule has 1 saturated heterocycles. The molecule has 0 bridgehead atoms. The van der Waals surface area contributed by atoms with Crippen LogP contribution in [0.4, 0.5) is 9.18 Å². The fourth-order valence-electron chi connectivity index (χ4n) is 2.80. The molecule has 3 rings (SSSR count). The second kappa shape index (κ2) is 7.53. The maximum absolute atomic E-state index is 12.9. The molecule has 1 N–H and O–H groups in total. The highest BCUT2D eigenvalue weighted by atomic mass is 32.1. The van der Waals surface area contributed by atoms with Crippen LogP contribution < -0.4 is 5.32 Å².